The van der Waals surface area contributed by atoms with Crippen molar-refractivity contribution in [3.8, 4) is 0 Å². The topological polar surface area (TPSA) is 101 Å². The van der Waals surface area contributed by atoms with Gasteiger partial charge in [-0.1, -0.05) is 11.3 Å². The quantitative estimate of drug-likeness (QED) is 0.813. The Morgan fingerprint density at radius 1 is 1.27 bits per heavy atom. The van der Waals surface area contributed by atoms with E-state index in [9.17, 15) is 9.59 Å². The monoisotopic (exact) mass is 376 g/mol. The van der Waals surface area contributed by atoms with Crippen LogP contribution in [0, 0.1) is 0 Å². The van der Waals surface area contributed by atoms with Crippen LogP contribution in [0.5, 0.6) is 0 Å². The zero-order valence-corrected chi connectivity index (χ0v) is 15.2. The summed E-state index contributed by atoms with van der Waals surface area (Å²) in [5, 5.41) is 10.8. The van der Waals surface area contributed by atoms with E-state index < -0.39 is 0 Å². The minimum Gasteiger partial charge on any atom is -0.462 e. The third kappa shape index (κ3) is 4.45. The first-order chi connectivity index (χ1) is 12.7. The smallest absolute Gasteiger partial charge is 0.339 e. The summed E-state index contributed by atoms with van der Waals surface area (Å²) in [5.74, 6) is 0.409. The van der Waals surface area contributed by atoms with E-state index in [1.807, 2.05) is 6.07 Å². The van der Waals surface area contributed by atoms with Gasteiger partial charge in [0.05, 0.1) is 12.2 Å². The zero-order chi connectivity index (χ0) is 18.4. The fraction of sp³-hybridized carbons (Fsp3) is 0.438. The molecule has 2 aromatic heterocycles. The largest absolute Gasteiger partial charge is 0.462 e. The number of hydrogen-bond acceptors (Lipinski definition) is 8. The lowest BCUT2D eigenvalue weighted by molar-refractivity contribution is 0.0526. The SMILES string of the molecule is CCOC(=O)c1ccc(N2CCCN(C(=O)Nc3nncs3)CC2)nc1. The number of amides is 2. The molecule has 2 amide bonds. The summed E-state index contributed by atoms with van der Waals surface area (Å²) >= 11 is 1.29. The number of carbonyl (C=O) groups is 2. The predicted octanol–water partition coefficient (Wildman–Crippen LogP) is 1.85. The first kappa shape index (κ1) is 18.1. The molecule has 9 nitrogen and oxygen atoms in total. The van der Waals surface area contributed by atoms with Crippen LogP contribution in [0.1, 0.15) is 23.7 Å². The van der Waals surface area contributed by atoms with Crippen molar-refractivity contribution in [2.45, 2.75) is 13.3 Å². The third-order valence-electron chi connectivity index (χ3n) is 3.94. The molecule has 3 heterocycles. The highest BCUT2D eigenvalue weighted by atomic mass is 32.1. The Balaban J connectivity index is 1.58. The molecule has 1 saturated heterocycles. The molecule has 0 radical (unpaired) electrons. The number of rotatable bonds is 4. The van der Waals surface area contributed by atoms with Gasteiger partial charge in [-0.15, -0.1) is 10.2 Å². The van der Waals surface area contributed by atoms with Gasteiger partial charge in [-0.25, -0.2) is 14.6 Å². The number of carbonyl (C=O) groups excluding carboxylic acids is 2. The van der Waals surface area contributed by atoms with Gasteiger partial charge in [-0.05, 0) is 25.5 Å². The second kappa shape index (κ2) is 8.56. The Morgan fingerprint density at radius 2 is 2.15 bits per heavy atom. The summed E-state index contributed by atoms with van der Waals surface area (Å²) in [5.41, 5.74) is 2.01. The molecule has 2 aromatic rings. The summed E-state index contributed by atoms with van der Waals surface area (Å²) in [6, 6.07) is 3.35. The lowest BCUT2D eigenvalue weighted by Crippen LogP contribution is -2.38. The molecule has 10 heteroatoms. The number of anilines is 2. The molecule has 0 spiro atoms. The van der Waals surface area contributed by atoms with Crippen molar-refractivity contribution in [2.24, 2.45) is 0 Å². The maximum atomic E-state index is 12.3. The number of nitrogens with zero attached hydrogens (tertiary/aromatic N) is 5. The number of ether oxygens (including phenoxy) is 1. The van der Waals surface area contributed by atoms with E-state index in [-0.39, 0.29) is 12.0 Å². The minimum atomic E-state index is -0.373. The van der Waals surface area contributed by atoms with Crippen LogP contribution in [0.4, 0.5) is 15.7 Å². The Morgan fingerprint density at radius 3 is 2.85 bits per heavy atom. The van der Waals surface area contributed by atoms with Gasteiger partial charge in [0.2, 0.25) is 5.13 Å². The summed E-state index contributed by atoms with van der Waals surface area (Å²) < 4.78 is 4.96. The van der Waals surface area contributed by atoms with Crippen molar-refractivity contribution in [2.75, 3.05) is 43.0 Å². The summed E-state index contributed by atoms with van der Waals surface area (Å²) in [7, 11) is 0. The number of urea groups is 1. The molecule has 1 fully saturated rings. The fourth-order valence-corrected chi connectivity index (χ4v) is 3.09. The molecule has 3 rings (SSSR count). The van der Waals surface area contributed by atoms with Crippen LogP contribution in [-0.2, 0) is 4.74 Å². The van der Waals surface area contributed by atoms with Crippen molar-refractivity contribution in [1.82, 2.24) is 20.1 Å². The van der Waals surface area contributed by atoms with E-state index in [1.165, 1.54) is 17.5 Å². The first-order valence-electron chi connectivity index (χ1n) is 8.37. The first-order valence-corrected chi connectivity index (χ1v) is 9.25. The van der Waals surface area contributed by atoms with Gasteiger partial charge < -0.3 is 14.5 Å². The van der Waals surface area contributed by atoms with Crippen molar-refractivity contribution in [1.29, 1.82) is 0 Å². The van der Waals surface area contributed by atoms with Crippen LogP contribution in [-0.4, -0.2) is 64.9 Å². The normalized spacial score (nSPS) is 14.7. The molecule has 26 heavy (non-hydrogen) atoms. The lowest BCUT2D eigenvalue weighted by Gasteiger charge is -2.22. The Kier molecular flexibility index (Phi) is 5.95. The minimum absolute atomic E-state index is 0.172. The van der Waals surface area contributed by atoms with E-state index in [2.05, 4.69) is 25.4 Å². The van der Waals surface area contributed by atoms with E-state index in [1.54, 1.807) is 23.4 Å². The van der Waals surface area contributed by atoms with Crippen molar-refractivity contribution in [3.63, 3.8) is 0 Å². The molecule has 1 aliphatic rings. The van der Waals surface area contributed by atoms with E-state index in [0.29, 0.717) is 36.9 Å². The molecule has 1 aliphatic heterocycles. The zero-order valence-electron chi connectivity index (χ0n) is 14.4. The van der Waals surface area contributed by atoms with Gasteiger partial charge in [0.1, 0.15) is 11.3 Å². The maximum Gasteiger partial charge on any atom is 0.339 e. The highest BCUT2D eigenvalue weighted by Crippen LogP contribution is 2.16. The average Bonchev–Trinajstić information content (AvgIpc) is 3.03. The summed E-state index contributed by atoms with van der Waals surface area (Å²) in [6.07, 6.45) is 2.35. The highest BCUT2D eigenvalue weighted by Gasteiger charge is 2.21. The number of aromatic nitrogens is 3. The van der Waals surface area contributed by atoms with Crippen LogP contribution in [0.15, 0.2) is 23.8 Å². The van der Waals surface area contributed by atoms with Crippen molar-refractivity contribution in [3.05, 3.63) is 29.4 Å². The number of hydrogen-bond donors (Lipinski definition) is 1. The van der Waals surface area contributed by atoms with Crippen LogP contribution in [0.25, 0.3) is 0 Å². The number of esters is 1. The van der Waals surface area contributed by atoms with Crippen molar-refractivity contribution >= 4 is 34.3 Å². The maximum absolute atomic E-state index is 12.3. The third-order valence-corrected chi connectivity index (χ3v) is 4.55. The van der Waals surface area contributed by atoms with Gasteiger partial charge in [-0.2, -0.15) is 0 Å². The molecule has 0 atom stereocenters. The van der Waals surface area contributed by atoms with Gasteiger partial charge >= 0.3 is 12.0 Å². The number of nitrogens with one attached hydrogen (secondary N) is 1. The van der Waals surface area contributed by atoms with Gasteiger partial charge in [0, 0.05) is 32.4 Å². The standard InChI is InChI=1S/C16H20N6O3S/c1-2-25-14(23)12-4-5-13(17-10-12)21-6-3-7-22(9-8-21)16(24)19-15-20-18-11-26-15/h4-5,10-11H,2-3,6-9H2,1H3,(H,19,20,24). The van der Waals surface area contributed by atoms with Gasteiger partial charge in [0.15, 0.2) is 0 Å². The molecule has 0 aliphatic carbocycles. The highest BCUT2D eigenvalue weighted by molar-refractivity contribution is 7.13. The number of pyridine rings is 1. The summed E-state index contributed by atoms with van der Waals surface area (Å²) in [4.78, 5) is 32.2. The Labute approximate surface area is 155 Å². The average molecular weight is 376 g/mol. The van der Waals surface area contributed by atoms with Crippen LogP contribution in [0.2, 0.25) is 0 Å². The van der Waals surface area contributed by atoms with E-state index in [0.717, 1.165) is 18.8 Å². The Bertz CT molecular complexity index is 737. The second-order valence-electron chi connectivity index (χ2n) is 5.63. The van der Waals surface area contributed by atoms with Crippen LogP contribution in [0.3, 0.4) is 0 Å². The molecular weight excluding hydrogens is 356 g/mol. The lowest BCUT2D eigenvalue weighted by atomic mass is 10.2. The molecular formula is C16H20N6O3S. The molecule has 0 unspecified atom stereocenters. The molecule has 0 bridgehead atoms. The molecule has 138 valence electrons. The van der Waals surface area contributed by atoms with Crippen molar-refractivity contribution < 1.29 is 14.3 Å². The van der Waals surface area contributed by atoms with Gasteiger partial charge in [0.25, 0.3) is 0 Å². The predicted molar refractivity (Wildman–Crippen MR) is 97.5 cm³/mol. The van der Waals surface area contributed by atoms with Crippen LogP contribution >= 0.6 is 11.3 Å². The summed E-state index contributed by atoms with van der Waals surface area (Å²) in [6.45, 7) is 4.78. The second-order valence-corrected chi connectivity index (χ2v) is 6.46. The Hall–Kier alpha value is -2.75. The van der Waals surface area contributed by atoms with Crippen LogP contribution < -0.4 is 10.2 Å². The van der Waals surface area contributed by atoms with E-state index >= 15 is 0 Å². The molecule has 0 saturated carbocycles. The molecule has 0 aromatic carbocycles. The fourth-order valence-electron chi connectivity index (χ4n) is 2.66. The van der Waals surface area contributed by atoms with Gasteiger partial charge in [-0.3, -0.25) is 5.32 Å². The molecule has 1 N–H and O–H groups in total. The van der Waals surface area contributed by atoms with E-state index in [4.69, 9.17) is 4.74 Å².